The Morgan fingerprint density at radius 2 is 0.688 bits per heavy atom. The summed E-state index contributed by atoms with van der Waals surface area (Å²) in [4.78, 5) is 119. The molecule has 1 saturated carbocycles. The van der Waals surface area contributed by atoms with Gasteiger partial charge in [-0.05, 0) is 77.2 Å². The Morgan fingerprint density at radius 3 is 1.06 bits per heavy atom. The fourth-order valence-electron chi connectivity index (χ4n) is 9.81. The molecule has 29 nitrogen and oxygen atoms in total. The summed E-state index contributed by atoms with van der Waals surface area (Å²) in [5.74, 6) is -4.82. The van der Waals surface area contributed by atoms with Crippen molar-refractivity contribution < 1.29 is 101 Å². The third-order valence-corrected chi connectivity index (χ3v) is 15.2. The van der Waals surface area contributed by atoms with Crippen LogP contribution in [0, 0.1) is 11.8 Å². The Bertz CT molecular complexity index is 2000. The molecule has 93 heavy (non-hydrogen) atoms. The van der Waals surface area contributed by atoms with E-state index in [0.717, 1.165) is 51.4 Å². The number of carboxylic acid groups (broad SMARTS) is 3. The number of carbonyl (C=O) groups is 10. The van der Waals surface area contributed by atoms with Crippen molar-refractivity contribution in [2.75, 3.05) is 152 Å². The molecule has 1 aliphatic rings. The molecule has 0 aromatic rings. The maximum absolute atomic E-state index is 13.0. The number of unbranched alkanes of at least 4 members (excludes halogenated alkanes) is 16. The van der Waals surface area contributed by atoms with Gasteiger partial charge in [0.25, 0.3) is 0 Å². The second-order valence-electron chi connectivity index (χ2n) is 23.1. The largest absolute Gasteiger partial charge is 0.481 e. The summed E-state index contributed by atoms with van der Waals surface area (Å²) in [6.45, 7) is 3.60. The molecule has 0 radical (unpaired) electrons. The Morgan fingerprint density at radius 1 is 0.344 bits per heavy atom. The number of aliphatic carboxylic acids is 3. The van der Waals surface area contributed by atoms with E-state index in [4.69, 9.17) is 48.1 Å². The summed E-state index contributed by atoms with van der Waals surface area (Å²) >= 11 is 0. The van der Waals surface area contributed by atoms with E-state index < -0.39 is 30.0 Å². The standard InChI is InChI=1S/C64H116N8O21/c1-65-53(63(82)83)20-18-19-29-66-57(75)47-90-42-39-87-35-31-68-59(77)49-92-44-41-89-37-33-70-60(78)50-93-45-40-88-36-32-69-58(76)48-91-43-38-86-34-30-67-56(74)28-27-54(64(84)85)72-62(81)52-25-23-51(24-26-52)46-71-55(73)21-16-14-12-10-8-6-4-2-3-5-7-9-11-13-15-17-22-61(79)80/h51-54,65H,2-50H2,1H3,(H,66,75)(H,67,74)(H,68,77)(H,69,76)(H,70,78)(H,71,73)(H,72,81)(H,79,80)(H,82,83)(H,84,85)/t51?,52?,53-,54-/m0/s1. The molecule has 1 fully saturated rings. The molecule has 7 amide bonds. The van der Waals surface area contributed by atoms with Gasteiger partial charge in [-0.25, -0.2) is 4.79 Å². The Balaban J connectivity index is 1.90. The molecule has 1 aliphatic carbocycles. The molecule has 11 N–H and O–H groups in total. The molecule has 2 atom stereocenters. The molecule has 0 bridgehead atoms. The summed E-state index contributed by atoms with van der Waals surface area (Å²) in [5.41, 5.74) is 0. The van der Waals surface area contributed by atoms with Gasteiger partial charge in [-0.15, -0.1) is 0 Å². The van der Waals surface area contributed by atoms with Crippen LogP contribution in [0.4, 0.5) is 0 Å². The van der Waals surface area contributed by atoms with E-state index in [-0.39, 0.29) is 204 Å². The first kappa shape index (κ1) is 85.4. The quantitative estimate of drug-likeness (QED) is 0.0390. The first-order valence-corrected chi connectivity index (χ1v) is 34.0. The van der Waals surface area contributed by atoms with Crippen molar-refractivity contribution in [2.45, 2.75) is 185 Å². The van der Waals surface area contributed by atoms with Gasteiger partial charge < -0.3 is 95.7 Å². The molecule has 0 aromatic heterocycles. The van der Waals surface area contributed by atoms with Gasteiger partial charge in [0.05, 0.1) is 79.3 Å². The zero-order valence-corrected chi connectivity index (χ0v) is 55.6. The number of rotatable bonds is 66. The minimum atomic E-state index is -1.21. The third kappa shape index (κ3) is 55.3. The summed E-state index contributed by atoms with van der Waals surface area (Å²) in [5, 5.41) is 49.2. The van der Waals surface area contributed by atoms with Gasteiger partial charge in [-0.2, -0.15) is 0 Å². The highest BCUT2D eigenvalue weighted by atomic mass is 16.5. The summed E-state index contributed by atoms with van der Waals surface area (Å²) in [6, 6.07) is -1.81. The van der Waals surface area contributed by atoms with Crippen LogP contribution in [0.1, 0.15) is 173 Å². The van der Waals surface area contributed by atoms with E-state index in [1.807, 2.05) is 0 Å². The molecule has 0 spiro atoms. The van der Waals surface area contributed by atoms with E-state index in [9.17, 15) is 53.1 Å². The molecule has 0 saturated heterocycles. The fourth-order valence-corrected chi connectivity index (χ4v) is 9.81. The number of carbonyl (C=O) groups excluding carboxylic acids is 7. The van der Waals surface area contributed by atoms with E-state index >= 15 is 0 Å². The fraction of sp³-hybridized carbons (Fsp3) is 0.844. The lowest BCUT2D eigenvalue weighted by atomic mass is 9.81. The van der Waals surface area contributed by atoms with Crippen molar-refractivity contribution in [1.29, 1.82) is 0 Å². The predicted octanol–water partition coefficient (Wildman–Crippen LogP) is 2.92. The first-order chi connectivity index (χ1) is 45.1. The van der Waals surface area contributed by atoms with Crippen LogP contribution in [-0.4, -0.2) is 239 Å². The van der Waals surface area contributed by atoms with Crippen LogP contribution in [0.3, 0.4) is 0 Å². The van der Waals surface area contributed by atoms with Gasteiger partial charge in [0.15, 0.2) is 0 Å². The van der Waals surface area contributed by atoms with E-state index in [1.54, 1.807) is 7.05 Å². The zero-order valence-electron chi connectivity index (χ0n) is 55.6. The lowest BCUT2D eigenvalue weighted by Crippen LogP contribution is -2.45. The number of ether oxygens (including phenoxy) is 8. The molecule has 29 heteroatoms. The van der Waals surface area contributed by atoms with Crippen LogP contribution in [0.15, 0.2) is 0 Å². The van der Waals surface area contributed by atoms with Crippen molar-refractivity contribution in [3.63, 3.8) is 0 Å². The SMILES string of the molecule is CN[C@@H](CCCCNC(=O)COCCOCCNC(=O)COCCOCCNC(=O)COCCOCCNC(=O)COCCOCCNC(=O)CC[C@H](NC(=O)C1CCC(CNC(=O)CCCCCCCCCCCCCCCCCCC(=O)O)CC1)C(=O)O)C(=O)O. The van der Waals surface area contributed by atoms with Crippen molar-refractivity contribution in [3.8, 4) is 0 Å². The Labute approximate surface area is 550 Å². The normalized spacial score (nSPS) is 14.3. The average molecular weight is 1330 g/mol. The lowest BCUT2D eigenvalue weighted by molar-refractivity contribution is -0.143. The molecule has 538 valence electrons. The first-order valence-electron chi connectivity index (χ1n) is 34.0. The van der Waals surface area contributed by atoms with Gasteiger partial charge >= 0.3 is 17.9 Å². The van der Waals surface area contributed by atoms with Crippen molar-refractivity contribution in [2.24, 2.45) is 11.8 Å². The smallest absolute Gasteiger partial charge is 0.326 e. The number of hydrogen-bond acceptors (Lipinski definition) is 19. The van der Waals surface area contributed by atoms with Crippen molar-refractivity contribution in [3.05, 3.63) is 0 Å². The number of carboxylic acids is 3. The van der Waals surface area contributed by atoms with Gasteiger partial charge in [0, 0.05) is 64.4 Å². The van der Waals surface area contributed by atoms with Gasteiger partial charge in [-0.1, -0.05) is 89.9 Å². The monoisotopic (exact) mass is 1330 g/mol. The number of hydrogen-bond donors (Lipinski definition) is 11. The van der Waals surface area contributed by atoms with E-state index in [0.29, 0.717) is 51.6 Å². The van der Waals surface area contributed by atoms with E-state index in [1.165, 1.54) is 64.2 Å². The van der Waals surface area contributed by atoms with Crippen LogP contribution < -0.4 is 42.5 Å². The highest BCUT2D eigenvalue weighted by molar-refractivity contribution is 5.86. The maximum Gasteiger partial charge on any atom is 0.326 e. The molecular formula is C64H116N8O21. The highest BCUT2D eigenvalue weighted by Crippen LogP contribution is 2.29. The van der Waals surface area contributed by atoms with Crippen LogP contribution >= 0.6 is 0 Å². The predicted molar refractivity (Wildman–Crippen MR) is 344 cm³/mol. The van der Waals surface area contributed by atoms with Gasteiger partial charge in [0.1, 0.15) is 38.5 Å². The Hall–Kier alpha value is -5.66. The topological polar surface area (TPSA) is 401 Å². The summed E-state index contributed by atoms with van der Waals surface area (Å²) in [6.07, 6.45) is 23.7. The molecule has 0 unspecified atom stereocenters. The lowest BCUT2D eigenvalue weighted by Gasteiger charge is -2.28. The molecule has 0 aromatic carbocycles. The second-order valence-corrected chi connectivity index (χ2v) is 23.1. The van der Waals surface area contributed by atoms with Crippen LogP contribution in [0.2, 0.25) is 0 Å². The second kappa shape index (κ2) is 61.2. The maximum atomic E-state index is 13.0. The third-order valence-electron chi connectivity index (χ3n) is 15.2. The van der Waals surface area contributed by atoms with Crippen molar-refractivity contribution in [1.82, 2.24) is 42.5 Å². The molecular weight excluding hydrogens is 1220 g/mol. The summed E-state index contributed by atoms with van der Waals surface area (Å²) in [7, 11) is 1.59. The minimum absolute atomic E-state index is 0.0598. The van der Waals surface area contributed by atoms with Gasteiger partial charge in [-0.3, -0.25) is 43.2 Å². The minimum Gasteiger partial charge on any atom is -0.481 e. The number of likely N-dealkylation sites (N-methyl/N-ethyl adjacent to an activating group) is 1. The van der Waals surface area contributed by atoms with Gasteiger partial charge in [0.2, 0.25) is 41.4 Å². The van der Waals surface area contributed by atoms with Crippen LogP contribution in [0.5, 0.6) is 0 Å². The van der Waals surface area contributed by atoms with Crippen LogP contribution in [-0.2, 0) is 85.8 Å². The molecule has 1 rings (SSSR count). The number of nitrogens with one attached hydrogen (secondary N) is 8. The average Bonchev–Trinajstić information content (AvgIpc) is 1.76. The number of amides is 7. The molecule has 0 heterocycles. The highest BCUT2D eigenvalue weighted by Gasteiger charge is 2.30. The van der Waals surface area contributed by atoms with E-state index in [2.05, 4.69) is 42.5 Å². The Kier molecular flexibility index (Phi) is 56.2. The van der Waals surface area contributed by atoms with Crippen molar-refractivity contribution >= 4 is 59.3 Å². The summed E-state index contributed by atoms with van der Waals surface area (Å²) < 4.78 is 42.8. The zero-order chi connectivity index (χ0) is 68.0. The molecule has 0 aliphatic heterocycles. The van der Waals surface area contributed by atoms with Crippen LogP contribution in [0.25, 0.3) is 0 Å².